The van der Waals surface area contributed by atoms with Crippen LogP contribution < -0.4 is 0 Å². The molecular weight excluding hydrogens is 395 g/mol. The van der Waals surface area contributed by atoms with Gasteiger partial charge in [0.05, 0.1) is 17.3 Å². The van der Waals surface area contributed by atoms with Crippen molar-refractivity contribution in [1.82, 2.24) is 9.78 Å². The molecule has 0 radical (unpaired) electrons. The lowest BCUT2D eigenvalue weighted by Gasteiger charge is -2.11. The van der Waals surface area contributed by atoms with E-state index in [2.05, 4.69) is 46.7 Å². The number of nitrogens with zero attached hydrogens (tertiary/aromatic N) is 2. The third-order valence-corrected chi connectivity index (χ3v) is 5.37. The van der Waals surface area contributed by atoms with E-state index >= 15 is 0 Å². The van der Waals surface area contributed by atoms with Crippen molar-refractivity contribution >= 4 is 34.2 Å². The molecule has 0 fully saturated rings. The number of hydrogen-bond donors (Lipinski definition) is 0. The second-order valence-electron chi connectivity index (χ2n) is 4.89. The van der Waals surface area contributed by atoms with Gasteiger partial charge in [-0.3, -0.25) is 0 Å². The van der Waals surface area contributed by atoms with Gasteiger partial charge in [0.1, 0.15) is 0 Å². The summed E-state index contributed by atoms with van der Waals surface area (Å²) in [4.78, 5) is 0. The zero-order valence-corrected chi connectivity index (χ0v) is 14.4. The summed E-state index contributed by atoms with van der Waals surface area (Å²) >= 11 is 9.01. The van der Waals surface area contributed by atoms with Gasteiger partial charge < -0.3 is 0 Å². The fourth-order valence-corrected chi connectivity index (χ4v) is 3.38. The van der Waals surface area contributed by atoms with E-state index in [1.54, 1.807) is 0 Å². The molecule has 1 unspecified atom stereocenters. The summed E-state index contributed by atoms with van der Waals surface area (Å²) in [6.07, 6.45) is 3.83. The van der Waals surface area contributed by atoms with Crippen molar-refractivity contribution in [2.24, 2.45) is 0 Å². The first kappa shape index (κ1) is 14.6. The minimum absolute atomic E-state index is 0.186. The molecule has 1 aromatic heterocycles. The lowest BCUT2D eigenvalue weighted by molar-refractivity contribution is 0.880. The molecule has 4 heteroatoms. The number of hydrogen-bond acceptors (Lipinski definition) is 1. The Morgan fingerprint density at radius 1 is 1.10 bits per heavy atom. The quantitative estimate of drug-likeness (QED) is 0.435. The van der Waals surface area contributed by atoms with E-state index in [4.69, 9.17) is 11.6 Å². The monoisotopic (exact) mass is 408 g/mol. The number of para-hydroxylation sites is 1. The average Bonchev–Trinajstić information content (AvgIpc) is 3.00. The van der Waals surface area contributed by atoms with Crippen LogP contribution >= 0.6 is 34.2 Å². The molecule has 106 valence electrons. The maximum absolute atomic E-state index is 6.65. The molecule has 0 spiro atoms. The summed E-state index contributed by atoms with van der Waals surface area (Å²) < 4.78 is 3.07. The molecular formula is C17H14ClIN2. The van der Waals surface area contributed by atoms with Gasteiger partial charge in [0, 0.05) is 15.3 Å². The number of benzene rings is 2. The van der Waals surface area contributed by atoms with E-state index in [0.717, 1.165) is 16.8 Å². The Labute approximate surface area is 142 Å². The van der Waals surface area contributed by atoms with Gasteiger partial charge in [0.2, 0.25) is 0 Å². The number of aryl methyl sites for hydroxylation is 1. The third-order valence-electron chi connectivity index (χ3n) is 3.41. The molecule has 0 amide bonds. The van der Waals surface area contributed by atoms with Gasteiger partial charge >= 0.3 is 0 Å². The number of alkyl halides is 1. The predicted molar refractivity (Wildman–Crippen MR) is 95.2 cm³/mol. The molecule has 0 aliphatic carbocycles. The minimum Gasteiger partial charge on any atom is -0.241 e. The van der Waals surface area contributed by atoms with E-state index in [1.165, 1.54) is 9.13 Å². The number of rotatable bonds is 3. The van der Waals surface area contributed by atoms with Crippen molar-refractivity contribution in [1.29, 1.82) is 0 Å². The topological polar surface area (TPSA) is 17.8 Å². The van der Waals surface area contributed by atoms with Crippen LogP contribution in [0.3, 0.4) is 0 Å². The Morgan fingerprint density at radius 2 is 1.86 bits per heavy atom. The number of aromatic nitrogens is 2. The van der Waals surface area contributed by atoms with Crippen molar-refractivity contribution in [3.63, 3.8) is 0 Å². The highest BCUT2D eigenvalue weighted by Crippen LogP contribution is 2.33. The van der Waals surface area contributed by atoms with Gasteiger partial charge in [-0.2, -0.15) is 5.10 Å². The molecule has 3 rings (SSSR count). The third kappa shape index (κ3) is 2.99. The largest absolute Gasteiger partial charge is 0.241 e. The maximum atomic E-state index is 6.65. The molecule has 0 saturated heterocycles. The zero-order valence-electron chi connectivity index (χ0n) is 11.5. The van der Waals surface area contributed by atoms with E-state index in [9.17, 15) is 0 Å². The van der Waals surface area contributed by atoms with Crippen LogP contribution in [0.5, 0.6) is 0 Å². The Kier molecular flexibility index (Phi) is 4.31. The predicted octanol–water partition coefficient (Wildman–Crippen LogP) is 5.11. The minimum atomic E-state index is -0.186. The van der Waals surface area contributed by atoms with Gasteiger partial charge in [-0.05, 0) is 52.8 Å². The molecule has 0 aliphatic rings. The highest BCUT2D eigenvalue weighted by atomic mass is 127. The molecule has 0 saturated carbocycles. The molecule has 1 heterocycles. The first-order valence-electron chi connectivity index (χ1n) is 6.66. The van der Waals surface area contributed by atoms with Gasteiger partial charge in [0.25, 0.3) is 0 Å². The second-order valence-corrected chi connectivity index (χ2v) is 6.41. The van der Waals surface area contributed by atoms with Gasteiger partial charge in [-0.15, -0.1) is 11.6 Å². The average molecular weight is 409 g/mol. The van der Waals surface area contributed by atoms with Crippen LogP contribution in [-0.2, 0) is 0 Å². The zero-order chi connectivity index (χ0) is 14.8. The Hall–Kier alpha value is -1.33. The summed E-state index contributed by atoms with van der Waals surface area (Å²) in [7, 11) is 0. The molecule has 2 nitrogen and oxygen atoms in total. The van der Waals surface area contributed by atoms with Crippen molar-refractivity contribution < 1.29 is 0 Å². The molecule has 0 N–H and O–H groups in total. The van der Waals surface area contributed by atoms with Gasteiger partial charge in [0.15, 0.2) is 0 Å². The summed E-state index contributed by atoms with van der Waals surface area (Å²) in [5.74, 6) is 0. The Balaban J connectivity index is 1.95. The molecule has 21 heavy (non-hydrogen) atoms. The maximum Gasteiger partial charge on any atom is 0.0876 e. The summed E-state index contributed by atoms with van der Waals surface area (Å²) in [6.45, 7) is 2.10. The highest BCUT2D eigenvalue weighted by Gasteiger charge is 2.16. The standard InChI is InChI=1S/C17H14ClIN2/c1-12-6-5-9-15(17(12)19)16(18)13-10-20-21(11-13)14-7-3-2-4-8-14/h2-11,16H,1H3. The number of halogens is 2. The van der Waals surface area contributed by atoms with Crippen molar-refractivity contribution in [3.05, 3.63) is 81.2 Å². The Morgan fingerprint density at radius 3 is 2.62 bits per heavy atom. The van der Waals surface area contributed by atoms with Crippen molar-refractivity contribution in [3.8, 4) is 5.69 Å². The first-order chi connectivity index (χ1) is 10.2. The SMILES string of the molecule is Cc1cccc(C(Cl)c2cnn(-c3ccccc3)c2)c1I. The van der Waals surface area contributed by atoms with E-state index < -0.39 is 0 Å². The van der Waals surface area contributed by atoms with Crippen LogP contribution in [-0.4, -0.2) is 9.78 Å². The molecule has 1 atom stereocenters. The fourth-order valence-electron chi connectivity index (χ4n) is 2.23. The van der Waals surface area contributed by atoms with Crippen LogP contribution in [0.1, 0.15) is 22.1 Å². The van der Waals surface area contributed by atoms with Crippen molar-refractivity contribution in [2.45, 2.75) is 12.3 Å². The van der Waals surface area contributed by atoms with Crippen LogP contribution in [0.15, 0.2) is 60.9 Å². The van der Waals surface area contributed by atoms with Crippen molar-refractivity contribution in [2.75, 3.05) is 0 Å². The van der Waals surface area contributed by atoms with Gasteiger partial charge in [-0.25, -0.2) is 4.68 Å². The summed E-state index contributed by atoms with van der Waals surface area (Å²) in [6, 6.07) is 16.3. The normalized spacial score (nSPS) is 12.3. The van der Waals surface area contributed by atoms with E-state index in [0.29, 0.717) is 0 Å². The summed E-state index contributed by atoms with van der Waals surface area (Å²) in [5.41, 5.74) is 4.41. The molecule has 0 bridgehead atoms. The molecule has 3 aromatic rings. The molecule has 2 aromatic carbocycles. The lowest BCUT2D eigenvalue weighted by atomic mass is 10.1. The lowest BCUT2D eigenvalue weighted by Crippen LogP contribution is -1.97. The van der Waals surface area contributed by atoms with Gasteiger partial charge in [-0.1, -0.05) is 36.4 Å². The van der Waals surface area contributed by atoms with Crippen LogP contribution in [0.4, 0.5) is 0 Å². The Bertz CT molecular complexity index is 752. The van der Waals surface area contributed by atoms with Crippen LogP contribution in [0.25, 0.3) is 5.69 Å². The van der Waals surface area contributed by atoms with Crippen LogP contribution in [0.2, 0.25) is 0 Å². The van der Waals surface area contributed by atoms with Crippen LogP contribution in [0, 0.1) is 10.5 Å². The molecule has 0 aliphatic heterocycles. The first-order valence-corrected chi connectivity index (χ1v) is 8.17. The van der Waals surface area contributed by atoms with E-state index in [1.807, 2.05) is 53.5 Å². The second kappa shape index (κ2) is 6.20. The highest BCUT2D eigenvalue weighted by molar-refractivity contribution is 14.1. The van der Waals surface area contributed by atoms with E-state index in [-0.39, 0.29) is 5.38 Å². The summed E-state index contributed by atoms with van der Waals surface area (Å²) in [5, 5.41) is 4.23. The smallest absolute Gasteiger partial charge is 0.0876 e. The fraction of sp³-hybridized carbons (Fsp3) is 0.118.